The van der Waals surface area contributed by atoms with Gasteiger partial charge >= 0.3 is 0 Å². The van der Waals surface area contributed by atoms with Crippen LogP contribution in [-0.2, 0) is 0 Å². The number of halogens is 1. The van der Waals surface area contributed by atoms with Crippen LogP contribution in [0.25, 0.3) is 32.9 Å². The number of pyridine rings is 2. The monoisotopic (exact) mass is 368 g/mol. The first-order valence-corrected chi connectivity index (χ1v) is 9.09. The molecular formula is C24H17ClN2. The summed E-state index contributed by atoms with van der Waals surface area (Å²) in [5.74, 6) is 0. The van der Waals surface area contributed by atoms with Crippen LogP contribution < -0.4 is 0 Å². The maximum absolute atomic E-state index is 6.20. The van der Waals surface area contributed by atoms with Crippen LogP contribution in [0.1, 0.15) is 0 Å². The number of hydrogen-bond acceptors (Lipinski definition) is 2. The van der Waals surface area contributed by atoms with Gasteiger partial charge in [-0.1, -0.05) is 90.5 Å². The van der Waals surface area contributed by atoms with Gasteiger partial charge in [0.05, 0.1) is 11.2 Å². The van der Waals surface area contributed by atoms with Crippen LogP contribution >= 0.6 is 11.6 Å². The SMILES string of the molecule is Clc1nc(-c2ccccc2)cc2ccccc12.c1ccc2ncccc2c1. The standard InChI is InChI=1S/C15H10ClN.C9H7N/c16-15-13-9-5-4-8-12(13)10-14(17-15)11-6-2-1-3-7-11;1-2-6-9-8(4-1)5-3-7-10-9/h1-10H;1-7H. The van der Waals surface area contributed by atoms with E-state index >= 15 is 0 Å². The molecule has 2 nitrogen and oxygen atoms in total. The Kier molecular flexibility index (Phi) is 5.08. The first-order valence-electron chi connectivity index (χ1n) is 8.72. The van der Waals surface area contributed by atoms with Gasteiger partial charge in [-0.2, -0.15) is 0 Å². The van der Waals surface area contributed by atoms with Crippen molar-refractivity contribution in [2.24, 2.45) is 0 Å². The Hall–Kier alpha value is -3.23. The van der Waals surface area contributed by atoms with Gasteiger partial charge in [-0.25, -0.2) is 4.98 Å². The van der Waals surface area contributed by atoms with Crippen LogP contribution in [0.4, 0.5) is 0 Å². The molecule has 0 atom stereocenters. The van der Waals surface area contributed by atoms with Gasteiger partial charge in [-0.3, -0.25) is 4.98 Å². The quantitative estimate of drug-likeness (QED) is 0.304. The fourth-order valence-electron chi connectivity index (χ4n) is 2.93. The Balaban J connectivity index is 0.000000153. The van der Waals surface area contributed by atoms with E-state index in [2.05, 4.69) is 34.2 Å². The van der Waals surface area contributed by atoms with E-state index in [1.54, 1.807) is 0 Å². The van der Waals surface area contributed by atoms with E-state index in [4.69, 9.17) is 11.6 Å². The molecule has 0 N–H and O–H groups in total. The lowest BCUT2D eigenvalue weighted by atomic mass is 10.1. The molecule has 0 aliphatic heterocycles. The minimum absolute atomic E-state index is 0.557. The lowest BCUT2D eigenvalue weighted by Gasteiger charge is -2.05. The van der Waals surface area contributed by atoms with Crippen molar-refractivity contribution in [3.63, 3.8) is 0 Å². The number of para-hydroxylation sites is 1. The largest absolute Gasteiger partial charge is 0.256 e. The first kappa shape index (κ1) is 17.2. The van der Waals surface area contributed by atoms with E-state index < -0.39 is 0 Å². The van der Waals surface area contributed by atoms with Gasteiger partial charge in [0.15, 0.2) is 0 Å². The van der Waals surface area contributed by atoms with E-state index in [-0.39, 0.29) is 0 Å². The minimum Gasteiger partial charge on any atom is -0.256 e. The lowest BCUT2D eigenvalue weighted by Crippen LogP contribution is -1.85. The Morgan fingerprint density at radius 1 is 0.630 bits per heavy atom. The highest BCUT2D eigenvalue weighted by atomic mass is 35.5. The van der Waals surface area contributed by atoms with Crippen molar-refractivity contribution in [3.8, 4) is 11.3 Å². The van der Waals surface area contributed by atoms with E-state index in [1.165, 1.54) is 5.39 Å². The Bertz CT molecular complexity index is 1120. The summed E-state index contributed by atoms with van der Waals surface area (Å²) in [6, 6.07) is 32.2. The number of rotatable bonds is 1. The highest BCUT2D eigenvalue weighted by Crippen LogP contribution is 2.27. The molecule has 27 heavy (non-hydrogen) atoms. The third kappa shape index (κ3) is 3.97. The van der Waals surface area contributed by atoms with Crippen molar-refractivity contribution in [2.75, 3.05) is 0 Å². The Morgan fingerprint density at radius 3 is 2.11 bits per heavy atom. The second kappa shape index (κ2) is 7.98. The maximum Gasteiger partial charge on any atom is 0.137 e. The maximum atomic E-state index is 6.20. The molecule has 0 spiro atoms. The van der Waals surface area contributed by atoms with Crippen LogP contribution in [-0.4, -0.2) is 9.97 Å². The first-order chi connectivity index (χ1) is 13.3. The fourth-order valence-corrected chi connectivity index (χ4v) is 3.19. The predicted molar refractivity (Wildman–Crippen MR) is 114 cm³/mol. The molecule has 0 aliphatic rings. The molecule has 0 radical (unpaired) electrons. The van der Waals surface area contributed by atoms with Crippen molar-refractivity contribution >= 4 is 33.3 Å². The molecule has 0 aliphatic carbocycles. The normalized spacial score (nSPS) is 10.4. The molecule has 5 aromatic rings. The zero-order valence-electron chi connectivity index (χ0n) is 14.6. The van der Waals surface area contributed by atoms with Gasteiger partial charge in [0, 0.05) is 22.5 Å². The van der Waals surface area contributed by atoms with E-state index in [0.717, 1.165) is 27.5 Å². The zero-order valence-corrected chi connectivity index (χ0v) is 15.3. The summed E-state index contributed by atoms with van der Waals surface area (Å²) >= 11 is 6.20. The number of nitrogens with zero attached hydrogens (tertiary/aromatic N) is 2. The second-order valence-corrected chi connectivity index (χ2v) is 6.44. The molecule has 5 rings (SSSR count). The number of fused-ring (bicyclic) bond motifs is 2. The molecule has 0 amide bonds. The molecular weight excluding hydrogens is 352 g/mol. The molecule has 2 aromatic heterocycles. The van der Waals surface area contributed by atoms with Crippen molar-refractivity contribution in [3.05, 3.63) is 108 Å². The van der Waals surface area contributed by atoms with Gasteiger partial charge in [0.25, 0.3) is 0 Å². The molecule has 0 saturated heterocycles. The average molecular weight is 369 g/mol. The molecule has 0 fully saturated rings. The van der Waals surface area contributed by atoms with Gasteiger partial charge in [-0.15, -0.1) is 0 Å². The van der Waals surface area contributed by atoms with Gasteiger partial charge in [0.1, 0.15) is 5.15 Å². The molecule has 0 bridgehead atoms. The predicted octanol–water partition coefficient (Wildman–Crippen LogP) is 6.79. The van der Waals surface area contributed by atoms with Crippen LogP contribution in [0.15, 0.2) is 103 Å². The van der Waals surface area contributed by atoms with E-state index in [9.17, 15) is 0 Å². The number of benzene rings is 3. The number of aromatic nitrogens is 2. The third-order valence-electron chi connectivity index (χ3n) is 4.28. The molecule has 3 heteroatoms. The van der Waals surface area contributed by atoms with Crippen molar-refractivity contribution in [1.82, 2.24) is 9.97 Å². The Labute approximate surface area is 163 Å². The molecule has 2 heterocycles. The summed E-state index contributed by atoms with van der Waals surface area (Å²) in [7, 11) is 0. The van der Waals surface area contributed by atoms with Gasteiger partial charge < -0.3 is 0 Å². The summed E-state index contributed by atoms with van der Waals surface area (Å²) in [6.45, 7) is 0. The fraction of sp³-hybridized carbons (Fsp3) is 0. The topological polar surface area (TPSA) is 25.8 Å². The highest BCUT2D eigenvalue weighted by Gasteiger charge is 2.04. The van der Waals surface area contributed by atoms with E-state index in [1.807, 2.05) is 79.0 Å². The lowest BCUT2D eigenvalue weighted by molar-refractivity contribution is 1.36. The average Bonchev–Trinajstić information content (AvgIpc) is 2.75. The molecule has 0 unspecified atom stereocenters. The van der Waals surface area contributed by atoms with Gasteiger partial charge in [0.2, 0.25) is 0 Å². The summed E-state index contributed by atoms with van der Waals surface area (Å²) in [4.78, 5) is 8.62. The minimum atomic E-state index is 0.557. The third-order valence-corrected chi connectivity index (χ3v) is 4.56. The molecule has 0 saturated carbocycles. The van der Waals surface area contributed by atoms with Crippen LogP contribution in [0.3, 0.4) is 0 Å². The van der Waals surface area contributed by atoms with Crippen molar-refractivity contribution in [2.45, 2.75) is 0 Å². The van der Waals surface area contributed by atoms with Gasteiger partial charge in [-0.05, 0) is 23.6 Å². The summed E-state index contributed by atoms with van der Waals surface area (Å²) < 4.78 is 0. The Morgan fingerprint density at radius 2 is 1.30 bits per heavy atom. The highest BCUT2D eigenvalue weighted by molar-refractivity contribution is 6.34. The summed E-state index contributed by atoms with van der Waals surface area (Å²) in [6.07, 6.45) is 1.81. The smallest absolute Gasteiger partial charge is 0.137 e. The summed E-state index contributed by atoms with van der Waals surface area (Å²) in [5.41, 5.74) is 3.06. The second-order valence-electron chi connectivity index (χ2n) is 6.08. The molecule has 130 valence electrons. The van der Waals surface area contributed by atoms with Crippen molar-refractivity contribution < 1.29 is 0 Å². The number of hydrogen-bond donors (Lipinski definition) is 0. The zero-order chi connectivity index (χ0) is 18.5. The van der Waals surface area contributed by atoms with Crippen LogP contribution in [0.5, 0.6) is 0 Å². The van der Waals surface area contributed by atoms with Crippen LogP contribution in [0, 0.1) is 0 Å². The molecule has 3 aromatic carbocycles. The van der Waals surface area contributed by atoms with E-state index in [0.29, 0.717) is 5.15 Å². The summed E-state index contributed by atoms with van der Waals surface area (Å²) in [5, 5.41) is 3.87. The van der Waals surface area contributed by atoms with Crippen LogP contribution in [0.2, 0.25) is 5.15 Å². The van der Waals surface area contributed by atoms with Crippen molar-refractivity contribution in [1.29, 1.82) is 0 Å².